The third-order valence-corrected chi connectivity index (χ3v) is 2.25. The highest BCUT2D eigenvalue weighted by atomic mass is 19.4. The summed E-state index contributed by atoms with van der Waals surface area (Å²) in [4.78, 5) is 11.4. The molecular weight excluding hydrogens is 271 g/mol. The van der Waals surface area contributed by atoms with Gasteiger partial charge in [-0.05, 0) is 12.1 Å². The molecule has 0 atom stereocenters. The van der Waals surface area contributed by atoms with Crippen LogP contribution in [0, 0.1) is 11.6 Å². The van der Waals surface area contributed by atoms with Crippen LogP contribution in [0.5, 0.6) is 0 Å². The molecule has 1 rings (SSSR count). The predicted molar refractivity (Wildman–Crippen MR) is 58.9 cm³/mol. The number of benzene rings is 1. The van der Waals surface area contributed by atoms with Crippen molar-refractivity contribution in [3.63, 3.8) is 0 Å². The largest absolute Gasteiger partial charge is 0.390 e. The lowest BCUT2D eigenvalue weighted by Crippen LogP contribution is -2.28. The zero-order valence-electron chi connectivity index (χ0n) is 9.87. The Kier molecular flexibility index (Phi) is 4.68. The van der Waals surface area contributed by atoms with Crippen LogP contribution in [0.3, 0.4) is 0 Å². The van der Waals surface area contributed by atoms with Crippen LogP contribution in [0.4, 0.5) is 27.6 Å². The molecule has 1 aromatic carbocycles. The number of hydrogen-bond donors (Lipinski definition) is 2. The predicted octanol–water partition coefficient (Wildman–Crippen LogP) is 2.69. The van der Waals surface area contributed by atoms with Gasteiger partial charge >= 0.3 is 6.18 Å². The maximum Gasteiger partial charge on any atom is 0.390 e. The molecule has 8 heteroatoms. The lowest BCUT2D eigenvalue weighted by atomic mass is 10.1. The fraction of sp³-hybridized carbons (Fsp3) is 0.364. The molecule has 1 aromatic rings. The van der Waals surface area contributed by atoms with Crippen LogP contribution in [0.1, 0.15) is 16.8 Å². The highest BCUT2D eigenvalue weighted by Gasteiger charge is 2.26. The Balaban J connectivity index is 2.73. The summed E-state index contributed by atoms with van der Waals surface area (Å²) in [6, 6.07) is 1.50. The summed E-state index contributed by atoms with van der Waals surface area (Å²) < 4.78 is 62.2. The average Bonchev–Trinajstić information content (AvgIpc) is 2.26. The van der Waals surface area contributed by atoms with Crippen molar-refractivity contribution in [1.29, 1.82) is 0 Å². The smallest absolute Gasteiger partial charge is 0.383 e. The van der Waals surface area contributed by atoms with Crippen LogP contribution in [-0.2, 0) is 0 Å². The Morgan fingerprint density at radius 2 is 1.74 bits per heavy atom. The molecule has 3 nitrogen and oxygen atoms in total. The van der Waals surface area contributed by atoms with Gasteiger partial charge in [0.1, 0.15) is 17.3 Å². The number of amides is 1. The first-order chi connectivity index (χ1) is 8.74. The van der Waals surface area contributed by atoms with Gasteiger partial charge in [-0.1, -0.05) is 0 Å². The molecule has 0 saturated heterocycles. The van der Waals surface area contributed by atoms with Gasteiger partial charge in [-0.25, -0.2) is 8.78 Å². The van der Waals surface area contributed by atoms with E-state index in [1.54, 1.807) is 0 Å². The van der Waals surface area contributed by atoms with E-state index in [9.17, 15) is 26.7 Å². The third-order valence-electron chi connectivity index (χ3n) is 2.25. The van der Waals surface area contributed by atoms with Crippen LogP contribution in [-0.4, -0.2) is 25.7 Å². The van der Waals surface area contributed by atoms with Crippen molar-refractivity contribution in [3.05, 3.63) is 29.3 Å². The molecule has 19 heavy (non-hydrogen) atoms. The van der Waals surface area contributed by atoms with Gasteiger partial charge in [0, 0.05) is 19.2 Å². The van der Waals surface area contributed by atoms with Crippen molar-refractivity contribution in [3.8, 4) is 0 Å². The fourth-order valence-electron chi connectivity index (χ4n) is 1.36. The number of anilines is 1. The minimum Gasteiger partial charge on any atom is -0.383 e. The van der Waals surface area contributed by atoms with E-state index in [-0.39, 0.29) is 5.56 Å². The van der Waals surface area contributed by atoms with E-state index in [1.165, 1.54) is 7.05 Å². The van der Waals surface area contributed by atoms with E-state index < -0.39 is 42.4 Å². The second-order valence-electron chi connectivity index (χ2n) is 3.69. The molecule has 0 fully saturated rings. The van der Waals surface area contributed by atoms with Crippen molar-refractivity contribution in [1.82, 2.24) is 5.32 Å². The van der Waals surface area contributed by atoms with Gasteiger partial charge in [0.2, 0.25) is 0 Å². The molecule has 0 bridgehead atoms. The van der Waals surface area contributed by atoms with E-state index >= 15 is 0 Å². The van der Waals surface area contributed by atoms with Crippen LogP contribution >= 0.6 is 0 Å². The maximum atomic E-state index is 13.3. The first kappa shape index (κ1) is 15.2. The lowest BCUT2D eigenvalue weighted by molar-refractivity contribution is -0.132. The normalized spacial score (nSPS) is 11.3. The molecule has 106 valence electrons. The Hall–Kier alpha value is -1.86. The molecule has 0 radical (unpaired) electrons. The molecular formula is C11H11F5N2O. The summed E-state index contributed by atoms with van der Waals surface area (Å²) >= 11 is 0. The van der Waals surface area contributed by atoms with E-state index in [4.69, 9.17) is 0 Å². The first-order valence-electron chi connectivity index (χ1n) is 5.26. The van der Waals surface area contributed by atoms with Crippen LogP contribution in [0.15, 0.2) is 12.1 Å². The first-order valence-corrected chi connectivity index (χ1v) is 5.26. The number of nitrogens with one attached hydrogen (secondary N) is 2. The zero-order chi connectivity index (χ0) is 14.6. The number of carbonyl (C=O) groups excluding carboxylic acids is 1. The minimum absolute atomic E-state index is 0.379. The number of rotatable bonds is 4. The number of alkyl halides is 3. The monoisotopic (exact) mass is 282 g/mol. The Labute approximate surface area is 105 Å². The van der Waals surface area contributed by atoms with E-state index in [0.29, 0.717) is 0 Å². The molecule has 0 aliphatic rings. The summed E-state index contributed by atoms with van der Waals surface area (Å²) in [5.74, 6) is -2.96. The molecule has 0 saturated carbocycles. The molecule has 0 unspecified atom stereocenters. The van der Waals surface area contributed by atoms with E-state index in [1.807, 2.05) is 5.32 Å². The van der Waals surface area contributed by atoms with Crippen molar-refractivity contribution in [2.75, 3.05) is 18.9 Å². The van der Waals surface area contributed by atoms with Crippen molar-refractivity contribution in [2.24, 2.45) is 0 Å². The third kappa shape index (κ3) is 4.38. The lowest BCUT2D eigenvalue weighted by Gasteiger charge is -2.09. The van der Waals surface area contributed by atoms with Gasteiger partial charge in [0.25, 0.3) is 5.91 Å². The molecule has 0 aliphatic carbocycles. The van der Waals surface area contributed by atoms with E-state index in [0.717, 1.165) is 12.1 Å². The summed E-state index contributed by atoms with van der Waals surface area (Å²) in [7, 11) is 1.30. The Morgan fingerprint density at radius 1 is 1.21 bits per heavy atom. The second-order valence-corrected chi connectivity index (χ2v) is 3.69. The van der Waals surface area contributed by atoms with Gasteiger partial charge in [0.15, 0.2) is 0 Å². The molecule has 1 amide bonds. The Bertz CT molecular complexity index is 450. The SMILES string of the molecule is CNc1c(F)cc(C(=O)NCCC(F)(F)F)cc1F. The number of halogens is 5. The summed E-state index contributed by atoms with van der Waals surface area (Å²) in [5, 5.41) is 4.20. The van der Waals surface area contributed by atoms with Crippen molar-refractivity contribution < 1.29 is 26.7 Å². The second kappa shape index (κ2) is 5.85. The summed E-state index contributed by atoms with van der Waals surface area (Å²) in [6.07, 6.45) is -5.61. The molecule has 0 spiro atoms. The average molecular weight is 282 g/mol. The van der Waals surface area contributed by atoms with E-state index in [2.05, 4.69) is 5.32 Å². The van der Waals surface area contributed by atoms with Gasteiger partial charge in [0.05, 0.1) is 6.42 Å². The van der Waals surface area contributed by atoms with Gasteiger partial charge in [-0.2, -0.15) is 13.2 Å². The summed E-state index contributed by atoms with van der Waals surface area (Å²) in [6.45, 7) is -0.653. The zero-order valence-corrected chi connectivity index (χ0v) is 9.87. The van der Waals surface area contributed by atoms with Crippen molar-refractivity contribution >= 4 is 11.6 Å². The van der Waals surface area contributed by atoms with Gasteiger partial charge < -0.3 is 10.6 Å². The topological polar surface area (TPSA) is 41.1 Å². The Morgan fingerprint density at radius 3 is 2.16 bits per heavy atom. The molecule has 0 heterocycles. The van der Waals surface area contributed by atoms with Crippen LogP contribution < -0.4 is 10.6 Å². The maximum absolute atomic E-state index is 13.3. The fourth-order valence-corrected chi connectivity index (χ4v) is 1.36. The molecule has 2 N–H and O–H groups in total. The van der Waals surface area contributed by atoms with Gasteiger partial charge in [-0.3, -0.25) is 4.79 Å². The summed E-state index contributed by atoms with van der Waals surface area (Å²) in [5.41, 5.74) is -0.789. The standard InChI is InChI=1S/C11H11F5N2O/c1-17-9-7(12)4-6(5-8(9)13)10(19)18-3-2-11(14,15)16/h4-5,17H,2-3H2,1H3,(H,18,19). The number of carbonyl (C=O) groups is 1. The highest BCUT2D eigenvalue weighted by Crippen LogP contribution is 2.21. The quantitative estimate of drug-likeness (QED) is 0.834. The van der Waals surface area contributed by atoms with Gasteiger partial charge in [-0.15, -0.1) is 0 Å². The number of hydrogen-bond acceptors (Lipinski definition) is 2. The molecule has 0 aliphatic heterocycles. The van der Waals surface area contributed by atoms with Crippen LogP contribution in [0.2, 0.25) is 0 Å². The highest BCUT2D eigenvalue weighted by molar-refractivity contribution is 5.94. The van der Waals surface area contributed by atoms with Crippen molar-refractivity contribution in [2.45, 2.75) is 12.6 Å². The van der Waals surface area contributed by atoms with Crippen LogP contribution in [0.25, 0.3) is 0 Å². The minimum atomic E-state index is -4.40. The molecule has 0 aromatic heterocycles.